The fourth-order valence-corrected chi connectivity index (χ4v) is 1.10. The first-order chi connectivity index (χ1) is 7.15. The molecule has 0 unspecified atom stereocenters. The van der Waals surface area contributed by atoms with E-state index in [4.69, 9.17) is 5.11 Å². The van der Waals surface area contributed by atoms with Crippen LogP contribution < -0.4 is 5.32 Å². The number of carbonyl (C=O) groups excluding carboxylic acids is 1. The summed E-state index contributed by atoms with van der Waals surface area (Å²) in [4.78, 5) is 21.9. The third-order valence-corrected chi connectivity index (χ3v) is 1.71. The van der Waals surface area contributed by atoms with Crippen molar-refractivity contribution < 1.29 is 19.4 Å². The summed E-state index contributed by atoms with van der Waals surface area (Å²) < 4.78 is 4.62. The molecule has 1 aromatic carbocycles. The lowest BCUT2D eigenvalue weighted by atomic mass is 10.2. The van der Waals surface area contributed by atoms with Crippen LogP contribution in [0.25, 0.3) is 0 Å². The predicted molar refractivity (Wildman–Crippen MR) is 53.9 cm³/mol. The Kier molecular flexibility index (Phi) is 3.82. The van der Waals surface area contributed by atoms with E-state index in [1.807, 2.05) is 0 Å². The van der Waals surface area contributed by atoms with Crippen LogP contribution in [-0.4, -0.2) is 30.7 Å². The molecular weight excluding hydrogens is 198 g/mol. The number of hydrogen-bond acceptors (Lipinski definition) is 3. The van der Waals surface area contributed by atoms with Crippen LogP contribution in [0, 0.1) is 0 Å². The van der Waals surface area contributed by atoms with Crippen molar-refractivity contribution in [3.63, 3.8) is 0 Å². The van der Waals surface area contributed by atoms with Crippen LogP contribution in [0.4, 0.5) is 5.69 Å². The SMILES string of the molecule is COCC(=O)Nc1ccccc1C(=O)O. The number of anilines is 1. The predicted octanol–water partition coefficient (Wildman–Crippen LogP) is 0.970. The highest BCUT2D eigenvalue weighted by atomic mass is 16.5. The van der Waals surface area contributed by atoms with Crippen molar-refractivity contribution in [2.75, 3.05) is 19.0 Å². The summed E-state index contributed by atoms with van der Waals surface area (Å²) >= 11 is 0. The van der Waals surface area contributed by atoms with Crippen molar-refractivity contribution in [2.45, 2.75) is 0 Å². The summed E-state index contributed by atoms with van der Waals surface area (Å²) in [6.07, 6.45) is 0. The Hall–Kier alpha value is -1.88. The average molecular weight is 209 g/mol. The van der Waals surface area contributed by atoms with Crippen molar-refractivity contribution in [2.24, 2.45) is 0 Å². The minimum Gasteiger partial charge on any atom is -0.478 e. The number of nitrogens with one attached hydrogen (secondary N) is 1. The first kappa shape index (κ1) is 11.2. The molecule has 2 N–H and O–H groups in total. The van der Waals surface area contributed by atoms with E-state index < -0.39 is 5.97 Å². The summed E-state index contributed by atoms with van der Waals surface area (Å²) in [5, 5.41) is 11.3. The number of amides is 1. The molecule has 0 aromatic heterocycles. The highest BCUT2D eigenvalue weighted by Gasteiger charge is 2.10. The molecule has 1 amide bonds. The Bertz CT molecular complexity index is 375. The van der Waals surface area contributed by atoms with Crippen molar-refractivity contribution >= 4 is 17.6 Å². The Labute approximate surface area is 86.7 Å². The van der Waals surface area contributed by atoms with Gasteiger partial charge in [0.15, 0.2) is 0 Å². The number of carboxylic acid groups (broad SMARTS) is 1. The van der Waals surface area contributed by atoms with Gasteiger partial charge in [0.25, 0.3) is 0 Å². The molecule has 0 atom stereocenters. The van der Waals surface area contributed by atoms with E-state index in [2.05, 4.69) is 10.1 Å². The zero-order valence-electron chi connectivity index (χ0n) is 8.19. The molecule has 1 rings (SSSR count). The molecule has 15 heavy (non-hydrogen) atoms. The van der Waals surface area contributed by atoms with Crippen molar-refractivity contribution in [3.8, 4) is 0 Å². The third-order valence-electron chi connectivity index (χ3n) is 1.71. The van der Waals surface area contributed by atoms with Crippen LogP contribution in [0.15, 0.2) is 24.3 Å². The summed E-state index contributed by atoms with van der Waals surface area (Å²) in [6.45, 7) is -0.103. The maximum Gasteiger partial charge on any atom is 0.337 e. The summed E-state index contributed by atoms with van der Waals surface area (Å²) in [6, 6.07) is 6.19. The normalized spacial score (nSPS) is 9.67. The Morgan fingerprint density at radius 1 is 1.40 bits per heavy atom. The van der Waals surface area contributed by atoms with Gasteiger partial charge in [0, 0.05) is 7.11 Å². The van der Waals surface area contributed by atoms with Crippen LogP contribution in [0.1, 0.15) is 10.4 Å². The van der Waals surface area contributed by atoms with Gasteiger partial charge in [-0.05, 0) is 12.1 Å². The van der Waals surface area contributed by atoms with E-state index in [0.717, 1.165) is 0 Å². The second-order valence-corrected chi connectivity index (χ2v) is 2.83. The number of hydrogen-bond donors (Lipinski definition) is 2. The van der Waals surface area contributed by atoms with Crippen LogP contribution in [0.2, 0.25) is 0 Å². The number of carbonyl (C=O) groups is 2. The van der Waals surface area contributed by atoms with Gasteiger partial charge >= 0.3 is 5.97 Å². The van der Waals surface area contributed by atoms with Crippen molar-refractivity contribution in [3.05, 3.63) is 29.8 Å². The maximum atomic E-state index is 11.2. The topological polar surface area (TPSA) is 75.6 Å². The molecule has 0 radical (unpaired) electrons. The number of para-hydroxylation sites is 1. The Morgan fingerprint density at radius 2 is 2.07 bits per heavy atom. The molecule has 0 saturated carbocycles. The zero-order valence-corrected chi connectivity index (χ0v) is 8.19. The van der Waals surface area contributed by atoms with Gasteiger partial charge in [-0.15, -0.1) is 0 Å². The summed E-state index contributed by atoms with van der Waals surface area (Å²) in [5.41, 5.74) is 0.328. The smallest absolute Gasteiger partial charge is 0.337 e. The lowest BCUT2D eigenvalue weighted by Crippen LogP contribution is -2.18. The standard InChI is InChI=1S/C10H11NO4/c1-15-6-9(12)11-8-5-3-2-4-7(8)10(13)14/h2-5H,6H2,1H3,(H,11,12)(H,13,14). The maximum absolute atomic E-state index is 11.2. The first-order valence-corrected chi connectivity index (χ1v) is 4.26. The van der Waals surface area contributed by atoms with Gasteiger partial charge in [-0.1, -0.05) is 12.1 Å². The van der Waals surface area contributed by atoms with E-state index in [9.17, 15) is 9.59 Å². The van der Waals surface area contributed by atoms with Gasteiger partial charge < -0.3 is 15.2 Å². The molecule has 5 heteroatoms. The van der Waals surface area contributed by atoms with Gasteiger partial charge in [-0.2, -0.15) is 0 Å². The number of rotatable bonds is 4. The molecule has 0 aliphatic carbocycles. The minimum atomic E-state index is -1.08. The molecule has 0 aliphatic heterocycles. The van der Waals surface area contributed by atoms with Gasteiger partial charge in [-0.3, -0.25) is 4.79 Å². The fraction of sp³-hybridized carbons (Fsp3) is 0.200. The third kappa shape index (κ3) is 3.07. The van der Waals surface area contributed by atoms with Crippen LogP contribution in [0.5, 0.6) is 0 Å². The largest absolute Gasteiger partial charge is 0.478 e. The van der Waals surface area contributed by atoms with E-state index in [0.29, 0.717) is 0 Å². The highest BCUT2D eigenvalue weighted by Crippen LogP contribution is 2.14. The monoisotopic (exact) mass is 209 g/mol. The molecule has 0 saturated heterocycles. The van der Waals surface area contributed by atoms with Crippen molar-refractivity contribution in [1.82, 2.24) is 0 Å². The molecule has 80 valence electrons. The lowest BCUT2D eigenvalue weighted by Gasteiger charge is -2.07. The quantitative estimate of drug-likeness (QED) is 0.774. The van der Waals surface area contributed by atoms with Crippen LogP contribution in [-0.2, 0) is 9.53 Å². The number of methoxy groups -OCH3 is 1. The van der Waals surface area contributed by atoms with E-state index in [1.54, 1.807) is 12.1 Å². The number of carboxylic acids is 1. The van der Waals surface area contributed by atoms with Crippen LogP contribution >= 0.6 is 0 Å². The van der Waals surface area contributed by atoms with E-state index >= 15 is 0 Å². The Balaban J connectivity index is 2.84. The van der Waals surface area contributed by atoms with Crippen LogP contribution in [0.3, 0.4) is 0 Å². The zero-order chi connectivity index (χ0) is 11.3. The average Bonchev–Trinajstić information content (AvgIpc) is 2.18. The Morgan fingerprint density at radius 3 is 2.67 bits per heavy atom. The van der Waals surface area contributed by atoms with E-state index in [-0.39, 0.29) is 23.8 Å². The van der Waals surface area contributed by atoms with E-state index in [1.165, 1.54) is 19.2 Å². The van der Waals surface area contributed by atoms with Gasteiger partial charge in [-0.25, -0.2) is 4.79 Å². The molecule has 0 fully saturated rings. The van der Waals surface area contributed by atoms with Gasteiger partial charge in [0.05, 0.1) is 11.3 Å². The minimum absolute atomic E-state index is 0.0574. The second kappa shape index (κ2) is 5.11. The number of benzene rings is 1. The molecule has 0 bridgehead atoms. The van der Waals surface area contributed by atoms with Crippen molar-refractivity contribution in [1.29, 1.82) is 0 Å². The second-order valence-electron chi connectivity index (χ2n) is 2.83. The number of ether oxygens (including phenoxy) is 1. The molecule has 0 aliphatic rings. The molecule has 5 nitrogen and oxygen atoms in total. The summed E-state index contributed by atoms with van der Waals surface area (Å²) in [5.74, 6) is -1.46. The molecule has 0 heterocycles. The highest BCUT2D eigenvalue weighted by molar-refractivity contribution is 6.00. The number of aromatic carboxylic acids is 1. The lowest BCUT2D eigenvalue weighted by molar-refractivity contribution is -0.119. The van der Waals surface area contributed by atoms with Gasteiger partial charge in [0.2, 0.25) is 5.91 Å². The molecule has 0 spiro atoms. The summed E-state index contributed by atoms with van der Waals surface area (Å²) in [7, 11) is 1.39. The fourth-order valence-electron chi connectivity index (χ4n) is 1.10. The molecule has 1 aromatic rings. The molecular formula is C10H11NO4. The first-order valence-electron chi connectivity index (χ1n) is 4.26. The van der Waals surface area contributed by atoms with Gasteiger partial charge in [0.1, 0.15) is 6.61 Å².